The van der Waals surface area contributed by atoms with Crippen molar-refractivity contribution in [2.75, 3.05) is 6.61 Å². The maximum Gasteiger partial charge on any atom is 0.344 e. The third kappa shape index (κ3) is 6.06. The summed E-state index contributed by atoms with van der Waals surface area (Å²) in [4.78, 5) is 45.4. The Bertz CT molecular complexity index is 960. The number of hydrogen-bond acceptors (Lipinski definition) is 7. The molecule has 0 unspecified atom stereocenters. The van der Waals surface area contributed by atoms with E-state index in [4.69, 9.17) is 5.11 Å². The predicted molar refractivity (Wildman–Crippen MR) is 113 cm³/mol. The fourth-order valence-corrected chi connectivity index (χ4v) is 4.38. The summed E-state index contributed by atoms with van der Waals surface area (Å²) < 4.78 is 0. The van der Waals surface area contributed by atoms with Gasteiger partial charge >= 0.3 is 5.97 Å². The van der Waals surface area contributed by atoms with Crippen molar-refractivity contribution in [3.05, 3.63) is 51.0 Å². The third-order valence-electron chi connectivity index (χ3n) is 5.01. The molecule has 1 saturated carbocycles. The van der Waals surface area contributed by atoms with Gasteiger partial charge in [0.25, 0.3) is 0 Å². The zero-order valence-electron chi connectivity index (χ0n) is 16.8. The maximum absolute atomic E-state index is 12.9. The zero-order chi connectivity index (χ0) is 21.5. The Morgan fingerprint density at radius 3 is 2.77 bits per heavy atom. The summed E-state index contributed by atoms with van der Waals surface area (Å²) in [6.45, 7) is 1.44. The number of carbonyl (C=O) groups excluding carboxylic acids is 2. The van der Waals surface area contributed by atoms with Crippen molar-refractivity contribution in [1.29, 1.82) is 0 Å². The van der Waals surface area contributed by atoms with Gasteiger partial charge in [0.05, 0.1) is 17.5 Å². The lowest BCUT2D eigenvalue weighted by molar-refractivity contribution is -0.142. The highest BCUT2D eigenvalue weighted by molar-refractivity contribution is 7.13. The van der Waals surface area contributed by atoms with Crippen molar-refractivity contribution in [3.8, 4) is 0 Å². The van der Waals surface area contributed by atoms with E-state index in [0.717, 1.165) is 36.8 Å². The number of oxime groups is 1. The number of ketones is 2. The summed E-state index contributed by atoms with van der Waals surface area (Å²) in [5, 5.41) is 12.7. The van der Waals surface area contributed by atoms with Crippen LogP contribution >= 0.6 is 11.3 Å². The molecule has 1 heterocycles. The van der Waals surface area contributed by atoms with E-state index in [1.165, 1.54) is 17.6 Å². The smallest absolute Gasteiger partial charge is 0.344 e. The van der Waals surface area contributed by atoms with Crippen LogP contribution in [-0.4, -0.2) is 40.4 Å². The highest BCUT2D eigenvalue weighted by atomic mass is 32.1. The number of hydrogen-bond donors (Lipinski definition) is 1. The van der Waals surface area contributed by atoms with Crippen LogP contribution in [0, 0.1) is 12.8 Å². The van der Waals surface area contributed by atoms with E-state index in [2.05, 4.69) is 15.0 Å². The Morgan fingerprint density at radius 2 is 2.03 bits per heavy atom. The Balaban J connectivity index is 1.62. The molecule has 0 aliphatic heterocycles. The van der Waals surface area contributed by atoms with Crippen LogP contribution in [0.4, 0.5) is 0 Å². The van der Waals surface area contributed by atoms with E-state index in [1.807, 2.05) is 25.1 Å². The normalized spacial score (nSPS) is 14.3. The Labute approximate surface area is 178 Å². The number of thiazole rings is 1. The second-order valence-corrected chi connectivity index (χ2v) is 8.60. The number of rotatable bonds is 10. The Kier molecular flexibility index (Phi) is 7.46. The molecule has 1 aromatic carbocycles. The van der Waals surface area contributed by atoms with E-state index in [0.29, 0.717) is 15.4 Å². The molecule has 2 aromatic rings. The van der Waals surface area contributed by atoms with Crippen LogP contribution in [-0.2, 0) is 27.3 Å². The minimum atomic E-state index is -1.11. The van der Waals surface area contributed by atoms with Gasteiger partial charge in [-0.25, -0.2) is 9.78 Å². The summed E-state index contributed by atoms with van der Waals surface area (Å²) in [6, 6.07) is 5.72. The van der Waals surface area contributed by atoms with Crippen LogP contribution in [0.15, 0.2) is 29.6 Å². The van der Waals surface area contributed by atoms with Gasteiger partial charge in [-0.15, -0.1) is 11.3 Å². The number of aliphatic carboxylic acids is 1. The molecule has 1 N–H and O–H groups in total. The fourth-order valence-electron chi connectivity index (χ4n) is 3.57. The van der Waals surface area contributed by atoms with Gasteiger partial charge in [0.15, 0.2) is 5.78 Å². The molecule has 1 aliphatic carbocycles. The number of carbonyl (C=O) groups is 3. The highest BCUT2D eigenvalue weighted by Gasteiger charge is 2.26. The molecule has 158 valence electrons. The summed E-state index contributed by atoms with van der Waals surface area (Å²) in [5.74, 6) is -0.887. The molecule has 30 heavy (non-hydrogen) atoms. The molecule has 3 rings (SSSR count). The van der Waals surface area contributed by atoms with Crippen molar-refractivity contribution in [2.45, 2.75) is 45.4 Å². The van der Waals surface area contributed by atoms with Gasteiger partial charge in [-0.2, -0.15) is 0 Å². The Morgan fingerprint density at radius 1 is 1.27 bits per heavy atom. The first-order valence-electron chi connectivity index (χ1n) is 9.89. The van der Waals surface area contributed by atoms with E-state index >= 15 is 0 Å². The average molecular weight is 429 g/mol. The van der Waals surface area contributed by atoms with E-state index in [1.54, 1.807) is 6.20 Å². The molecule has 8 heteroatoms. The monoisotopic (exact) mass is 428 g/mol. The van der Waals surface area contributed by atoms with Crippen molar-refractivity contribution < 1.29 is 24.3 Å². The third-order valence-corrected chi connectivity index (χ3v) is 5.94. The first-order valence-corrected chi connectivity index (χ1v) is 10.7. The first kappa shape index (κ1) is 21.8. The quantitative estimate of drug-likeness (QED) is 0.352. The number of carboxylic acid groups (broad SMARTS) is 1. The minimum absolute atomic E-state index is 0.0145. The molecular formula is C22H24N2O5S. The van der Waals surface area contributed by atoms with Gasteiger partial charge < -0.3 is 9.94 Å². The average Bonchev–Trinajstić information content (AvgIpc) is 3.38. The lowest BCUT2D eigenvalue weighted by Gasteiger charge is -2.13. The molecule has 0 spiro atoms. The number of aromatic nitrogens is 1. The van der Waals surface area contributed by atoms with Gasteiger partial charge in [0, 0.05) is 24.1 Å². The molecule has 0 radical (unpaired) electrons. The molecule has 0 saturated heterocycles. The molecule has 0 amide bonds. The van der Waals surface area contributed by atoms with Gasteiger partial charge in [-0.05, 0) is 31.4 Å². The number of nitrogens with zero attached hydrogens (tertiary/aromatic N) is 2. The molecular weight excluding hydrogens is 404 g/mol. The summed E-state index contributed by atoms with van der Waals surface area (Å²) in [7, 11) is 0. The number of Topliss-reactive ketones (excluding diaryl/α,β-unsaturated/α-hetero) is 2. The second kappa shape index (κ2) is 10.2. The summed E-state index contributed by atoms with van der Waals surface area (Å²) in [5.41, 5.74) is 2.47. The van der Waals surface area contributed by atoms with Crippen LogP contribution in [0.3, 0.4) is 0 Å². The molecule has 0 bridgehead atoms. The first-order chi connectivity index (χ1) is 14.4. The fraction of sp³-hybridized carbons (Fsp3) is 0.409. The topological polar surface area (TPSA) is 106 Å². The zero-order valence-corrected chi connectivity index (χ0v) is 17.6. The lowest BCUT2D eigenvalue weighted by Crippen LogP contribution is -2.16. The maximum atomic E-state index is 12.9. The van der Waals surface area contributed by atoms with Gasteiger partial charge in [-0.3, -0.25) is 9.59 Å². The van der Waals surface area contributed by atoms with Crippen molar-refractivity contribution in [1.82, 2.24) is 4.98 Å². The van der Waals surface area contributed by atoms with Gasteiger partial charge in [0.1, 0.15) is 10.8 Å². The van der Waals surface area contributed by atoms with E-state index in [9.17, 15) is 14.4 Å². The second-order valence-electron chi connectivity index (χ2n) is 7.46. The number of aryl methyl sites for hydroxylation is 1. The summed E-state index contributed by atoms with van der Waals surface area (Å²) in [6.07, 6.45) is 7.33. The largest absolute Gasteiger partial charge is 0.479 e. The van der Waals surface area contributed by atoms with Crippen molar-refractivity contribution in [3.63, 3.8) is 0 Å². The SMILES string of the molecule is Cc1ccc(CC(=O)Cc2ncc(/C=N/OCC(=O)O)s2)c(C(=O)C2CCCC2)c1. The summed E-state index contributed by atoms with van der Waals surface area (Å²) >= 11 is 1.29. The molecule has 1 fully saturated rings. The van der Waals surface area contributed by atoms with E-state index in [-0.39, 0.29) is 30.3 Å². The van der Waals surface area contributed by atoms with E-state index < -0.39 is 12.6 Å². The van der Waals surface area contributed by atoms with Crippen LogP contribution < -0.4 is 0 Å². The predicted octanol–water partition coefficient (Wildman–Crippen LogP) is 3.61. The van der Waals surface area contributed by atoms with Gasteiger partial charge in [-0.1, -0.05) is 35.7 Å². The number of carboxylic acids is 1. The minimum Gasteiger partial charge on any atom is -0.479 e. The molecule has 0 atom stereocenters. The molecule has 1 aliphatic rings. The highest BCUT2D eigenvalue weighted by Crippen LogP contribution is 2.29. The van der Waals surface area contributed by atoms with Crippen LogP contribution in [0.1, 0.15) is 57.1 Å². The standard InChI is InChI=1S/C22H24N2O5S/c1-14-6-7-16(19(8-14)22(28)15-4-2-3-5-15)9-17(25)10-20-23-11-18(30-20)12-24-29-13-21(26)27/h6-8,11-12,15H,2-5,9-10,13H2,1H3,(H,26,27)/b24-12+. The van der Waals surface area contributed by atoms with Crippen LogP contribution in [0.5, 0.6) is 0 Å². The molecule has 7 nitrogen and oxygen atoms in total. The molecule has 1 aromatic heterocycles. The lowest BCUT2D eigenvalue weighted by atomic mass is 9.90. The van der Waals surface area contributed by atoms with Crippen LogP contribution in [0.25, 0.3) is 0 Å². The van der Waals surface area contributed by atoms with Crippen molar-refractivity contribution >= 4 is 35.1 Å². The van der Waals surface area contributed by atoms with Gasteiger partial charge in [0.2, 0.25) is 6.61 Å². The Hall–Kier alpha value is -2.87. The number of benzene rings is 1. The van der Waals surface area contributed by atoms with Crippen molar-refractivity contribution in [2.24, 2.45) is 11.1 Å². The van der Waals surface area contributed by atoms with Crippen LogP contribution in [0.2, 0.25) is 0 Å².